The largest absolute Gasteiger partial charge is 0.322 e. The van der Waals surface area contributed by atoms with Crippen LogP contribution in [0.2, 0.25) is 0 Å². The number of nitrogens with one attached hydrogen (secondary N) is 1. The first-order valence-corrected chi connectivity index (χ1v) is 6.06. The number of anilines is 1. The summed E-state index contributed by atoms with van der Waals surface area (Å²) >= 11 is 0. The van der Waals surface area contributed by atoms with Gasteiger partial charge in [0.2, 0.25) is 0 Å². The van der Waals surface area contributed by atoms with E-state index in [0.29, 0.717) is 5.57 Å². The minimum atomic E-state index is -0.993. The van der Waals surface area contributed by atoms with Gasteiger partial charge in [-0.2, -0.15) is 0 Å². The molecule has 2 aromatic carbocycles. The maximum Gasteiger partial charge on any atom is 0.251 e. The maximum absolute atomic E-state index is 13.0. The molecular formula is C16H13F2NO. The quantitative estimate of drug-likeness (QED) is 0.841. The average Bonchev–Trinajstić information content (AvgIpc) is 2.44. The first-order chi connectivity index (χ1) is 9.56. The van der Waals surface area contributed by atoms with Crippen molar-refractivity contribution in [2.24, 2.45) is 0 Å². The van der Waals surface area contributed by atoms with E-state index < -0.39 is 11.6 Å². The Balaban J connectivity index is 2.11. The molecular weight excluding hydrogens is 260 g/mol. The summed E-state index contributed by atoms with van der Waals surface area (Å²) in [6.45, 7) is 1.65. The van der Waals surface area contributed by atoms with Gasteiger partial charge in [-0.25, -0.2) is 8.78 Å². The lowest BCUT2D eigenvalue weighted by atomic mass is 10.1. The van der Waals surface area contributed by atoms with E-state index in [4.69, 9.17) is 0 Å². The number of halogens is 2. The summed E-state index contributed by atoms with van der Waals surface area (Å²) in [5.74, 6) is -2.30. The van der Waals surface area contributed by atoms with Crippen LogP contribution in [0.1, 0.15) is 12.5 Å². The summed E-state index contributed by atoms with van der Waals surface area (Å²) in [4.78, 5) is 11.9. The Bertz CT molecular complexity index is 651. The normalized spacial score (nSPS) is 11.2. The lowest BCUT2D eigenvalue weighted by Crippen LogP contribution is -2.12. The Morgan fingerprint density at radius 3 is 2.40 bits per heavy atom. The van der Waals surface area contributed by atoms with E-state index in [2.05, 4.69) is 5.32 Å². The van der Waals surface area contributed by atoms with Gasteiger partial charge in [0.25, 0.3) is 5.91 Å². The molecule has 102 valence electrons. The van der Waals surface area contributed by atoms with Crippen molar-refractivity contribution in [2.75, 3.05) is 5.32 Å². The van der Waals surface area contributed by atoms with Gasteiger partial charge in [0.1, 0.15) is 0 Å². The molecule has 0 atom stereocenters. The fraction of sp³-hybridized carbons (Fsp3) is 0.0625. The van der Waals surface area contributed by atoms with Gasteiger partial charge in [0, 0.05) is 17.3 Å². The molecule has 2 aromatic rings. The van der Waals surface area contributed by atoms with Crippen LogP contribution in [0.15, 0.2) is 54.1 Å². The highest BCUT2D eigenvalue weighted by Crippen LogP contribution is 2.14. The molecule has 0 saturated carbocycles. The lowest BCUT2D eigenvalue weighted by molar-refractivity contribution is -0.112. The first-order valence-electron chi connectivity index (χ1n) is 6.06. The Kier molecular flexibility index (Phi) is 4.25. The molecule has 0 aromatic heterocycles. The summed E-state index contributed by atoms with van der Waals surface area (Å²) in [6, 6.07) is 12.6. The third-order valence-electron chi connectivity index (χ3n) is 2.72. The first kappa shape index (κ1) is 13.9. The molecule has 0 saturated heterocycles. The van der Waals surface area contributed by atoms with Gasteiger partial charge in [-0.1, -0.05) is 30.3 Å². The van der Waals surface area contributed by atoms with Gasteiger partial charge in [0.05, 0.1) is 0 Å². The van der Waals surface area contributed by atoms with Crippen LogP contribution in [-0.4, -0.2) is 5.91 Å². The molecule has 0 fully saturated rings. The van der Waals surface area contributed by atoms with Crippen molar-refractivity contribution in [3.05, 3.63) is 71.3 Å². The monoisotopic (exact) mass is 273 g/mol. The second-order valence-corrected chi connectivity index (χ2v) is 4.32. The minimum absolute atomic E-state index is 0.217. The molecule has 2 rings (SSSR count). The zero-order valence-electron chi connectivity index (χ0n) is 10.9. The summed E-state index contributed by atoms with van der Waals surface area (Å²) in [5, 5.41) is 2.52. The molecule has 0 unspecified atom stereocenters. The fourth-order valence-corrected chi connectivity index (χ4v) is 1.67. The Hall–Kier alpha value is -2.49. The molecule has 4 heteroatoms. The number of carbonyl (C=O) groups is 1. The van der Waals surface area contributed by atoms with Crippen LogP contribution >= 0.6 is 0 Å². The Morgan fingerprint density at radius 1 is 1.05 bits per heavy atom. The van der Waals surface area contributed by atoms with E-state index in [1.54, 1.807) is 13.0 Å². The Labute approximate surface area is 115 Å². The number of rotatable bonds is 3. The maximum atomic E-state index is 13.0. The van der Waals surface area contributed by atoms with Gasteiger partial charge in [0.15, 0.2) is 11.6 Å². The molecule has 1 amide bonds. The van der Waals surface area contributed by atoms with E-state index in [-0.39, 0.29) is 11.6 Å². The molecule has 20 heavy (non-hydrogen) atoms. The van der Waals surface area contributed by atoms with Gasteiger partial charge in [-0.05, 0) is 30.7 Å². The van der Waals surface area contributed by atoms with Crippen LogP contribution in [0, 0.1) is 11.6 Å². The number of carbonyl (C=O) groups excluding carboxylic acids is 1. The molecule has 0 spiro atoms. The second kappa shape index (κ2) is 6.10. The number of benzene rings is 2. The van der Waals surface area contributed by atoms with Crippen molar-refractivity contribution in [1.29, 1.82) is 0 Å². The zero-order chi connectivity index (χ0) is 14.5. The van der Waals surface area contributed by atoms with Crippen LogP contribution in [0.4, 0.5) is 14.5 Å². The van der Waals surface area contributed by atoms with Crippen LogP contribution in [0.3, 0.4) is 0 Å². The van der Waals surface area contributed by atoms with Crippen LogP contribution < -0.4 is 5.32 Å². The standard InChI is InChI=1S/C16H13F2NO/c1-11(9-12-5-3-2-4-6-12)16(20)19-13-7-8-14(17)15(18)10-13/h2-10H,1H3,(H,19,20)/b11-9+. The van der Waals surface area contributed by atoms with Crippen LogP contribution in [0.25, 0.3) is 6.08 Å². The van der Waals surface area contributed by atoms with Crippen molar-refractivity contribution < 1.29 is 13.6 Å². The highest BCUT2D eigenvalue weighted by molar-refractivity contribution is 6.06. The van der Waals surface area contributed by atoms with E-state index in [1.165, 1.54) is 6.07 Å². The Morgan fingerprint density at radius 2 is 1.75 bits per heavy atom. The smallest absolute Gasteiger partial charge is 0.251 e. The number of amides is 1. The van der Waals surface area contributed by atoms with Crippen molar-refractivity contribution >= 4 is 17.7 Å². The summed E-state index contributed by atoms with van der Waals surface area (Å²) in [6.07, 6.45) is 1.72. The summed E-state index contributed by atoms with van der Waals surface area (Å²) in [7, 11) is 0. The van der Waals surface area contributed by atoms with Crippen molar-refractivity contribution in [3.8, 4) is 0 Å². The average molecular weight is 273 g/mol. The molecule has 2 nitrogen and oxygen atoms in total. The molecule has 0 aliphatic heterocycles. The van der Waals surface area contributed by atoms with Gasteiger partial charge >= 0.3 is 0 Å². The number of hydrogen-bond donors (Lipinski definition) is 1. The minimum Gasteiger partial charge on any atom is -0.322 e. The molecule has 0 aliphatic rings. The van der Waals surface area contributed by atoms with Crippen molar-refractivity contribution in [1.82, 2.24) is 0 Å². The van der Waals surface area contributed by atoms with Gasteiger partial charge < -0.3 is 5.32 Å². The van der Waals surface area contributed by atoms with Gasteiger partial charge in [-0.15, -0.1) is 0 Å². The number of hydrogen-bond acceptors (Lipinski definition) is 1. The topological polar surface area (TPSA) is 29.1 Å². The van der Waals surface area contributed by atoms with E-state index >= 15 is 0 Å². The third kappa shape index (κ3) is 3.51. The van der Waals surface area contributed by atoms with Crippen LogP contribution in [-0.2, 0) is 4.79 Å². The molecule has 0 radical (unpaired) electrons. The zero-order valence-corrected chi connectivity index (χ0v) is 10.9. The SMILES string of the molecule is C/C(=C\c1ccccc1)C(=O)Nc1ccc(F)c(F)c1. The predicted octanol–water partition coefficient (Wildman–Crippen LogP) is 4.01. The highest BCUT2D eigenvalue weighted by Gasteiger charge is 2.07. The highest BCUT2D eigenvalue weighted by atomic mass is 19.2. The van der Waals surface area contributed by atoms with E-state index in [9.17, 15) is 13.6 Å². The molecule has 1 N–H and O–H groups in total. The van der Waals surface area contributed by atoms with E-state index in [0.717, 1.165) is 17.7 Å². The fourth-order valence-electron chi connectivity index (χ4n) is 1.67. The lowest BCUT2D eigenvalue weighted by Gasteiger charge is -2.06. The predicted molar refractivity (Wildman–Crippen MR) is 75.1 cm³/mol. The summed E-state index contributed by atoms with van der Waals surface area (Å²) < 4.78 is 25.8. The van der Waals surface area contributed by atoms with Crippen molar-refractivity contribution in [3.63, 3.8) is 0 Å². The summed E-state index contributed by atoms with van der Waals surface area (Å²) in [5.41, 5.74) is 1.58. The van der Waals surface area contributed by atoms with Crippen molar-refractivity contribution in [2.45, 2.75) is 6.92 Å². The van der Waals surface area contributed by atoms with Crippen LogP contribution in [0.5, 0.6) is 0 Å². The van der Waals surface area contributed by atoms with E-state index in [1.807, 2.05) is 30.3 Å². The third-order valence-corrected chi connectivity index (χ3v) is 2.72. The molecule has 0 heterocycles. The van der Waals surface area contributed by atoms with Gasteiger partial charge in [-0.3, -0.25) is 4.79 Å². The molecule has 0 bridgehead atoms. The molecule has 0 aliphatic carbocycles. The second-order valence-electron chi connectivity index (χ2n) is 4.32.